The summed E-state index contributed by atoms with van der Waals surface area (Å²) in [5.41, 5.74) is 4.14. The topological polar surface area (TPSA) is 149 Å². The van der Waals surface area contributed by atoms with Crippen LogP contribution in [-0.2, 0) is 19.0 Å². The zero-order valence-corrected chi connectivity index (χ0v) is 36.2. The van der Waals surface area contributed by atoms with Crippen LogP contribution in [0.5, 0.6) is 17.2 Å². The molecule has 6 unspecified atom stereocenters. The SMILES string of the molecule is C=CCOC12Oc3ccc(Oc4ccc(-c5ccccc5)cc4)cc3C3C(CCCCO)C(CCCCO)C=C(C(=NOC(C)(C)C)CC1N(CCOCCO)C(=O)OC)C32. The van der Waals surface area contributed by atoms with E-state index in [1.165, 1.54) is 7.11 Å². The number of rotatable bonds is 21. The molecule has 6 rings (SSSR count). The lowest BCUT2D eigenvalue weighted by atomic mass is 9.55. The van der Waals surface area contributed by atoms with Crippen molar-refractivity contribution in [2.45, 2.75) is 89.1 Å². The van der Waals surface area contributed by atoms with E-state index in [4.69, 9.17) is 33.7 Å². The number of benzene rings is 3. The van der Waals surface area contributed by atoms with Gasteiger partial charge in [-0.1, -0.05) is 72.6 Å². The van der Waals surface area contributed by atoms with E-state index < -0.39 is 29.4 Å². The first-order chi connectivity index (χ1) is 29.6. The van der Waals surface area contributed by atoms with Crippen LogP contribution in [0, 0.1) is 17.8 Å². The van der Waals surface area contributed by atoms with Crippen molar-refractivity contribution in [1.82, 2.24) is 4.90 Å². The van der Waals surface area contributed by atoms with Gasteiger partial charge in [0.05, 0.1) is 45.2 Å². The molecule has 3 aromatic carbocycles. The van der Waals surface area contributed by atoms with Crippen LogP contribution in [0.2, 0.25) is 0 Å². The third-order valence-electron chi connectivity index (χ3n) is 11.8. The van der Waals surface area contributed by atoms with Crippen LogP contribution in [0.4, 0.5) is 4.79 Å². The number of hydrogen-bond acceptors (Lipinski definition) is 11. The lowest BCUT2D eigenvalue weighted by Gasteiger charge is -2.59. The number of aliphatic hydroxyl groups excluding tert-OH is 3. The van der Waals surface area contributed by atoms with Crippen LogP contribution < -0.4 is 9.47 Å². The highest BCUT2D eigenvalue weighted by atomic mass is 16.7. The Balaban J connectivity index is 1.54. The molecule has 3 aromatic rings. The van der Waals surface area contributed by atoms with Gasteiger partial charge in [-0.25, -0.2) is 4.79 Å². The number of carbonyl (C=O) groups excluding carboxylic acids is 1. The van der Waals surface area contributed by atoms with E-state index in [2.05, 4.69) is 43.0 Å². The number of unbranched alkanes of at least 4 members (excludes halogenated alkanes) is 2. The lowest BCUT2D eigenvalue weighted by molar-refractivity contribution is -0.256. The van der Waals surface area contributed by atoms with Crippen molar-refractivity contribution in [3.8, 4) is 28.4 Å². The minimum Gasteiger partial charge on any atom is -0.459 e. The van der Waals surface area contributed by atoms with Gasteiger partial charge in [0, 0.05) is 37.7 Å². The molecule has 3 aliphatic rings. The second-order valence-corrected chi connectivity index (χ2v) is 17.0. The minimum atomic E-state index is -1.45. The highest BCUT2D eigenvalue weighted by Crippen LogP contribution is 2.62. The van der Waals surface area contributed by atoms with Crippen molar-refractivity contribution in [1.29, 1.82) is 0 Å². The number of ether oxygens (including phenoxy) is 5. The zero-order chi connectivity index (χ0) is 43.4. The predicted octanol–water partition coefficient (Wildman–Crippen LogP) is 8.66. The van der Waals surface area contributed by atoms with Gasteiger partial charge in [-0.2, -0.15) is 0 Å². The van der Waals surface area contributed by atoms with E-state index in [0.29, 0.717) is 35.8 Å². The van der Waals surface area contributed by atoms with Crippen LogP contribution >= 0.6 is 0 Å². The quantitative estimate of drug-likeness (QED) is 0.0541. The predicted molar refractivity (Wildman–Crippen MR) is 235 cm³/mol. The van der Waals surface area contributed by atoms with E-state index in [1.807, 2.05) is 63.2 Å². The number of methoxy groups -OCH3 is 1. The third kappa shape index (κ3) is 10.8. The van der Waals surface area contributed by atoms with Gasteiger partial charge in [0.1, 0.15) is 28.9 Å². The van der Waals surface area contributed by atoms with Crippen molar-refractivity contribution in [3.05, 3.63) is 103 Å². The van der Waals surface area contributed by atoms with Gasteiger partial charge in [0.2, 0.25) is 5.79 Å². The normalized spacial score (nSPS) is 23.6. The highest BCUT2D eigenvalue weighted by molar-refractivity contribution is 6.03. The smallest absolute Gasteiger partial charge is 0.410 e. The fraction of sp³-hybridized carbons (Fsp3) is 0.510. The van der Waals surface area contributed by atoms with E-state index in [0.717, 1.165) is 47.9 Å². The standard InChI is InChI=1S/C49H64N2O10/c1-6-28-58-49-44(51(47(55)56-5)24-29-57-30-27-54)33-42(50-61-48(2,3)4)40-31-36(16-10-12-25-52)39(17-11-13-26-53)45(46(40)49)41-32-38(22-23-43(41)60-49)59-37-20-18-35(19-21-37)34-14-8-7-9-15-34/h6-9,14-15,18-23,31-32,36,39,44-46,52-54H,1,10-13,16-17,24-30,33H2,2-5H3. The van der Waals surface area contributed by atoms with Crippen LogP contribution in [-0.4, -0.2) is 103 Å². The summed E-state index contributed by atoms with van der Waals surface area (Å²) in [5, 5.41) is 34.2. The molecule has 6 atom stereocenters. The van der Waals surface area contributed by atoms with Gasteiger partial charge in [0.15, 0.2) is 0 Å². The number of carbonyl (C=O) groups is 1. The molecule has 2 aliphatic carbocycles. The molecule has 1 heterocycles. The molecule has 1 saturated carbocycles. The number of nitrogens with zero attached hydrogens (tertiary/aromatic N) is 2. The molecule has 12 heteroatoms. The van der Waals surface area contributed by atoms with Crippen LogP contribution in [0.15, 0.2) is 102 Å². The second-order valence-electron chi connectivity index (χ2n) is 17.0. The van der Waals surface area contributed by atoms with E-state index >= 15 is 0 Å². The zero-order valence-electron chi connectivity index (χ0n) is 36.2. The molecule has 0 spiro atoms. The number of oxime groups is 1. The molecule has 12 nitrogen and oxygen atoms in total. The molecule has 3 N–H and O–H groups in total. The molecule has 330 valence electrons. The third-order valence-corrected chi connectivity index (χ3v) is 11.8. The van der Waals surface area contributed by atoms with Crippen LogP contribution in [0.25, 0.3) is 11.1 Å². The fourth-order valence-electron chi connectivity index (χ4n) is 9.21. The van der Waals surface area contributed by atoms with Crippen molar-refractivity contribution in [2.75, 3.05) is 53.3 Å². The van der Waals surface area contributed by atoms with Crippen molar-refractivity contribution in [2.24, 2.45) is 22.9 Å². The second kappa shape index (κ2) is 21.4. The summed E-state index contributed by atoms with van der Waals surface area (Å²) in [4.78, 5) is 21.7. The van der Waals surface area contributed by atoms with Crippen molar-refractivity contribution in [3.63, 3.8) is 0 Å². The Kier molecular flexibility index (Phi) is 16.1. The Hall–Kier alpha value is -4.72. The summed E-state index contributed by atoms with van der Waals surface area (Å²) in [6.45, 7) is 10.3. The maximum absolute atomic E-state index is 14.0. The molecular weight excluding hydrogens is 777 g/mol. The van der Waals surface area contributed by atoms with Gasteiger partial charge in [-0.15, -0.1) is 6.58 Å². The molecule has 0 aromatic heterocycles. The average Bonchev–Trinajstić information content (AvgIpc) is 3.26. The fourth-order valence-corrected chi connectivity index (χ4v) is 9.21. The summed E-state index contributed by atoms with van der Waals surface area (Å²) in [6, 6.07) is 23.4. The number of fused-ring (bicyclic) bond motifs is 2. The molecule has 0 saturated heterocycles. The molecule has 0 radical (unpaired) electrons. The van der Waals surface area contributed by atoms with E-state index in [-0.39, 0.29) is 70.4 Å². The molecule has 1 amide bonds. The molecule has 1 fully saturated rings. The number of aliphatic hydroxyl groups is 3. The summed E-state index contributed by atoms with van der Waals surface area (Å²) in [6.07, 6.45) is 8.17. The van der Waals surface area contributed by atoms with Crippen LogP contribution in [0.1, 0.15) is 77.2 Å². The summed E-state index contributed by atoms with van der Waals surface area (Å²) in [7, 11) is 1.35. The Morgan fingerprint density at radius 3 is 2.30 bits per heavy atom. The molecule has 1 aliphatic heterocycles. The van der Waals surface area contributed by atoms with E-state index in [1.54, 1.807) is 11.0 Å². The van der Waals surface area contributed by atoms with Gasteiger partial charge < -0.3 is 43.8 Å². The Morgan fingerprint density at radius 2 is 1.62 bits per heavy atom. The maximum atomic E-state index is 14.0. The molecule has 0 bridgehead atoms. The van der Waals surface area contributed by atoms with Gasteiger partial charge in [-0.3, -0.25) is 4.90 Å². The maximum Gasteiger partial charge on any atom is 0.410 e. The summed E-state index contributed by atoms with van der Waals surface area (Å²) in [5.74, 6) is -0.137. The monoisotopic (exact) mass is 840 g/mol. The van der Waals surface area contributed by atoms with Crippen molar-refractivity contribution >= 4 is 11.8 Å². The van der Waals surface area contributed by atoms with Gasteiger partial charge >= 0.3 is 6.09 Å². The van der Waals surface area contributed by atoms with E-state index in [9.17, 15) is 20.1 Å². The summed E-state index contributed by atoms with van der Waals surface area (Å²) >= 11 is 0. The Morgan fingerprint density at radius 1 is 0.918 bits per heavy atom. The van der Waals surface area contributed by atoms with Gasteiger partial charge in [0.25, 0.3) is 0 Å². The lowest BCUT2D eigenvalue weighted by Crippen LogP contribution is -2.70. The number of amides is 1. The first kappa shape index (κ1) is 45.8. The summed E-state index contributed by atoms with van der Waals surface area (Å²) < 4.78 is 32.0. The number of hydrogen-bond donors (Lipinski definition) is 3. The minimum absolute atomic E-state index is 0.0387. The highest BCUT2D eigenvalue weighted by Gasteiger charge is 2.65. The Bertz CT molecular complexity index is 1940. The largest absolute Gasteiger partial charge is 0.459 e. The first-order valence-electron chi connectivity index (χ1n) is 21.7. The average molecular weight is 841 g/mol. The Labute approximate surface area is 360 Å². The first-order valence-corrected chi connectivity index (χ1v) is 21.7. The van der Waals surface area contributed by atoms with Crippen molar-refractivity contribution < 1.29 is 48.6 Å². The van der Waals surface area contributed by atoms with Crippen LogP contribution in [0.3, 0.4) is 0 Å². The molecular formula is C49H64N2O10. The molecule has 61 heavy (non-hydrogen) atoms. The van der Waals surface area contributed by atoms with Gasteiger partial charge in [-0.05, 0) is 105 Å². The number of allylic oxidation sites excluding steroid dienone is 1.